The van der Waals surface area contributed by atoms with Crippen LogP contribution in [0, 0.1) is 0 Å². The molecular formula is C15H18BrN3O2. The third-order valence-electron chi connectivity index (χ3n) is 2.87. The average molecular weight is 352 g/mol. The molecule has 1 amide bonds. The van der Waals surface area contributed by atoms with Crippen molar-refractivity contribution in [1.82, 2.24) is 15.1 Å². The smallest absolute Gasteiger partial charge is 0.260 e. The number of amides is 1. The Balaban J connectivity index is 2.08. The first-order valence-electron chi connectivity index (χ1n) is 6.86. The molecule has 1 N–H and O–H groups in total. The highest BCUT2D eigenvalue weighted by Crippen LogP contribution is 2.25. The Kier molecular flexibility index (Phi) is 5.38. The second kappa shape index (κ2) is 7.26. The summed E-state index contributed by atoms with van der Waals surface area (Å²) in [6.07, 6.45) is 2.11. The van der Waals surface area contributed by atoms with Crippen molar-refractivity contribution in [3.8, 4) is 11.6 Å². The van der Waals surface area contributed by atoms with E-state index in [-0.39, 0.29) is 5.91 Å². The van der Waals surface area contributed by atoms with Crippen molar-refractivity contribution in [2.45, 2.75) is 26.4 Å². The van der Waals surface area contributed by atoms with E-state index in [9.17, 15) is 4.79 Å². The molecule has 1 heterocycles. The maximum atomic E-state index is 11.8. The van der Waals surface area contributed by atoms with Gasteiger partial charge in [-0.3, -0.25) is 4.79 Å². The molecule has 21 heavy (non-hydrogen) atoms. The van der Waals surface area contributed by atoms with Gasteiger partial charge in [0.15, 0.2) is 6.10 Å². The Morgan fingerprint density at radius 1 is 1.43 bits per heavy atom. The van der Waals surface area contributed by atoms with E-state index in [1.54, 1.807) is 17.8 Å². The third-order valence-corrected chi connectivity index (χ3v) is 3.41. The van der Waals surface area contributed by atoms with Gasteiger partial charge in [-0.05, 0) is 41.4 Å². The number of carbonyl (C=O) groups excluding carboxylic acids is 1. The fourth-order valence-electron chi connectivity index (χ4n) is 1.74. The van der Waals surface area contributed by atoms with Crippen molar-refractivity contribution >= 4 is 21.8 Å². The van der Waals surface area contributed by atoms with E-state index >= 15 is 0 Å². The summed E-state index contributed by atoms with van der Waals surface area (Å²) in [7, 11) is 0. The van der Waals surface area contributed by atoms with Gasteiger partial charge >= 0.3 is 0 Å². The van der Waals surface area contributed by atoms with Gasteiger partial charge in [-0.1, -0.05) is 25.1 Å². The number of carbonyl (C=O) groups is 1. The van der Waals surface area contributed by atoms with Crippen LogP contribution in [-0.4, -0.2) is 28.3 Å². The first-order valence-corrected chi connectivity index (χ1v) is 7.66. The predicted octanol–water partition coefficient (Wildman–Crippen LogP) is 2.93. The van der Waals surface area contributed by atoms with Crippen LogP contribution in [0.3, 0.4) is 0 Å². The highest BCUT2D eigenvalue weighted by Gasteiger charge is 2.18. The van der Waals surface area contributed by atoms with Crippen molar-refractivity contribution in [2.75, 3.05) is 6.54 Å². The number of hydrogen-bond acceptors (Lipinski definition) is 3. The number of nitrogens with one attached hydrogen (secondary N) is 1. The summed E-state index contributed by atoms with van der Waals surface area (Å²) in [5.74, 6) is 0.260. The SMILES string of the molecule is CCCNC(=O)[C@H](C)Oc1nn(-c2ccccc2)cc1Br. The van der Waals surface area contributed by atoms with Gasteiger partial charge in [-0.2, -0.15) is 0 Å². The molecule has 0 bridgehead atoms. The molecule has 2 aromatic rings. The summed E-state index contributed by atoms with van der Waals surface area (Å²) < 4.78 is 8.03. The molecule has 0 aliphatic rings. The summed E-state index contributed by atoms with van der Waals surface area (Å²) in [5.41, 5.74) is 0.927. The average Bonchev–Trinajstić information content (AvgIpc) is 2.86. The lowest BCUT2D eigenvalue weighted by molar-refractivity contribution is -0.127. The lowest BCUT2D eigenvalue weighted by atomic mass is 10.3. The zero-order chi connectivity index (χ0) is 15.2. The molecule has 112 valence electrons. The van der Waals surface area contributed by atoms with E-state index in [0.717, 1.165) is 12.1 Å². The molecule has 1 atom stereocenters. The largest absolute Gasteiger partial charge is 0.463 e. The monoisotopic (exact) mass is 351 g/mol. The quantitative estimate of drug-likeness (QED) is 0.870. The maximum Gasteiger partial charge on any atom is 0.260 e. The molecule has 5 nitrogen and oxygen atoms in total. The number of aromatic nitrogens is 2. The second-order valence-corrected chi connectivity index (χ2v) is 5.47. The van der Waals surface area contributed by atoms with E-state index in [1.807, 2.05) is 37.3 Å². The van der Waals surface area contributed by atoms with Crippen LogP contribution in [0.4, 0.5) is 0 Å². The van der Waals surface area contributed by atoms with Crippen LogP contribution in [0.5, 0.6) is 5.88 Å². The Bertz CT molecular complexity index is 598. The molecule has 0 saturated heterocycles. The Morgan fingerprint density at radius 2 is 2.14 bits per heavy atom. The van der Waals surface area contributed by atoms with Crippen LogP contribution >= 0.6 is 15.9 Å². The molecule has 0 aliphatic heterocycles. The molecule has 0 radical (unpaired) electrons. The summed E-state index contributed by atoms with van der Waals surface area (Å²) in [6.45, 7) is 4.36. The number of halogens is 1. The van der Waals surface area contributed by atoms with Gasteiger partial charge in [-0.25, -0.2) is 4.68 Å². The van der Waals surface area contributed by atoms with E-state index in [0.29, 0.717) is 16.9 Å². The van der Waals surface area contributed by atoms with Gasteiger partial charge < -0.3 is 10.1 Å². The lowest BCUT2D eigenvalue weighted by Crippen LogP contribution is -2.36. The number of ether oxygens (including phenoxy) is 1. The van der Waals surface area contributed by atoms with Gasteiger partial charge in [-0.15, -0.1) is 5.10 Å². The topological polar surface area (TPSA) is 56.1 Å². The molecule has 2 rings (SSSR count). The van der Waals surface area contributed by atoms with Crippen molar-refractivity contribution in [3.05, 3.63) is 41.0 Å². The molecule has 6 heteroatoms. The summed E-state index contributed by atoms with van der Waals surface area (Å²) in [6, 6.07) is 9.71. The van der Waals surface area contributed by atoms with Crippen molar-refractivity contribution in [3.63, 3.8) is 0 Å². The standard InChI is InChI=1S/C15H18BrN3O2/c1-3-9-17-14(20)11(2)21-15-13(16)10-19(18-15)12-7-5-4-6-8-12/h4-8,10-11H,3,9H2,1-2H3,(H,17,20)/t11-/m0/s1. The summed E-state index contributed by atoms with van der Waals surface area (Å²) in [4.78, 5) is 11.8. The Labute approximate surface area is 132 Å². The molecule has 1 aromatic heterocycles. The molecule has 0 spiro atoms. The van der Waals surface area contributed by atoms with Crippen LogP contribution in [0.1, 0.15) is 20.3 Å². The van der Waals surface area contributed by atoms with Crippen molar-refractivity contribution < 1.29 is 9.53 Å². The van der Waals surface area contributed by atoms with Crippen LogP contribution < -0.4 is 10.1 Å². The van der Waals surface area contributed by atoms with E-state index < -0.39 is 6.10 Å². The van der Waals surface area contributed by atoms with Crippen LogP contribution in [0.2, 0.25) is 0 Å². The van der Waals surface area contributed by atoms with E-state index in [1.165, 1.54) is 0 Å². The fourth-order valence-corrected chi connectivity index (χ4v) is 2.11. The van der Waals surface area contributed by atoms with Gasteiger partial charge in [0.25, 0.3) is 5.91 Å². The number of hydrogen-bond donors (Lipinski definition) is 1. The highest BCUT2D eigenvalue weighted by molar-refractivity contribution is 9.10. The highest BCUT2D eigenvalue weighted by atomic mass is 79.9. The molecule has 0 saturated carbocycles. The molecule has 0 unspecified atom stereocenters. The van der Waals surface area contributed by atoms with Gasteiger partial charge in [0, 0.05) is 12.7 Å². The van der Waals surface area contributed by atoms with Crippen LogP contribution in [0.15, 0.2) is 41.0 Å². The molecule has 0 aliphatic carbocycles. The lowest BCUT2D eigenvalue weighted by Gasteiger charge is -2.12. The zero-order valence-corrected chi connectivity index (χ0v) is 13.6. The normalized spacial score (nSPS) is 12.0. The summed E-state index contributed by atoms with van der Waals surface area (Å²) in [5, 5.41) is 7.15. The van der Waals surface area contributed by atoms with Gasteiger partial charge in [0.05, 0.1) is 10.2 Å². The summed E-state index contributed by atoms with van der Waals surface area (Å²) >= 11 is 3.40. The minimum atomic E-state index is -0.591. The molecule has 0 fully saturated rings. The number of para-hydroxylation sites is 1. The van der Waals surface area contributed by atoms with Crippen molar-refractivity contribution in [1.29, 1.82) is 0 Å². The first kappa shape index (κ1) is 15.6. The number of benzene rings is 1. The molecular weight excluding hydrogens is 334 g/mol. The number of rotatable bonds is 6. The second-order valence-electron chi connectivity index (χ2n) is 4.61. The van der Waals surface area contributed by atoms with E-state index in [2.05, 4.69) is 26.3 Å². The first-order chi connectivity index (χ1) is 10.1. The Morgan fingerprint density at radius 3 is 2.81 bits per heavy atom. The van der Waals surface area contributed by atoms with E-state index in [4.69, 9.17) is 4.74 Å². The number of nitrogens with zero attached hydrogens (tertiary/aromatic N) is 2. The fraction of sp³-hybridized carbons (Fsp3) is 0.333. The predicted molar refractivity (Wildman–Crippen MR) is 84.7 cm³/mol. The van der Waals surface area contributed by atoms with Gasteiger partial charge in [0.1, 0.15) is 0 Å². The zero-order valence-electron chi connectivity index (χ0n) is 12.0. The van der Waals surface area contributed by atoms with Crippen LogP contribution in [0.25, 0.3) is 5.69 Å². The molecule has 1 aromatic carbocycles. The maximum absolute atomic E-state index is 11.8. The minimum absolute atomic E-state index is 0.141. The van der Waals surface area contributed by atoms with Crippen molar-refractivity contribution in [2.24, 2.45) is 0 Å². The minimum Gasteiger partial charge on any atom is -0.463 e. The van der Waals surface area contributed by atoms with Gasteiger partial charge in [0.2, 0.25) is 5.88 Å². The van der Waals surface area contributed by atoms with Crippen LogP contribution in [-0.2, 0) is 4.79 Å². The third kappa shape index (κ3) is 4.07. The Hall–Kier alpha value is -1.82.